The van der Waals surface area contributed by atoms with Gasteiger partial charge in [0.1, 0.15) is 17.7 Å². The molecule has 3 rings (SSSR count). The average molecular weight is 424 g/mol. The zero-order chi connectivity index (χ0) is 21.7. The van der Waals surface area contributed by atoms with E-state index < -0.39 is 35.2 Å². The van der Waals surface area contributed by atoms with Gasteiger partial charge in [0.25, 0.3) is 5.56 Å². The minimum atomic E-state index is -0.894. The third-order valence-electron chi connectivity index (χ3n) is 5.54. The van der Waals surface area contributed by atoms with Gasteiger partial charge in [-0.15, -0.1) is 0 Å². The van der Waals surface area contributed by atoms with Gasteiger partial charge in [-0.3, -0.25) is 19.3 Å². The normalized spacial score (nSPS) is 28.1. The Kier molecular flexibility index (Phi) is 7.32. The molecule has 0 spiro atoms. The summed E-state index contributed by atoms with van der Waals surface area (Å²) in [4.78, 5) is 31.1. The van der Waals surface area contributed by atoms with Crippen LogP contribution in [0, 0.1) is 6.92 Å². The number of fused-ring (bicyclic) bond motifs is 2. The quantitative estimate of drug-likeness (QED) is 0.464. The number of nitrogens with zero attached hydrogens (tertiary/aromatic N) is 2. The van der Waals surface area contributed by atoms with Crippen LogP contribution in [0.4, 0.5) is 0 Å². The molecule has 3 heterocycles. The van der Waals surface area contributed by atoms with E-state index in [2.05, 4.69) is 29.1 Å². The molecule has 10 heteroatoms. The number of aromatic nitrogens is 2. The monoisotopic (exact) mass is 423 g/mol. The standard InChI is InChI=1S/C20H33N5O5/c1-4-6-8-28-12-20-11-22-18(21)23-14(15(20)29-9-7-5-2)17(30-20)25-10-13(3)16(26)24-19(25)27/h10,14-15,17H,4-9,11-12H2,1-3H3,(H3,21,22,23)(H,24,26,27)/t14?,15?,17-,20-/m1/s1. The summed E-state index contributed by atoms with van der Waals surface area (Å²) >= 11 is 0. The van der Waals surface area contributed by atoms with Crippen molar-refractivity contribution in [3.05, 3.63) is 32.6 Å². The van der Waals surface area contributed by atoms with E-state index in [-0.39, 0.29) is 19.1 Å². The summed E-state index contributed by atoms with van der Waals surface area (Å²) in [6.45, 7) is 7.50. The Hall–Kier alpha value is -2.17. The molecule has 168 valence electrons. The Morgan fingerprint density at radius 2 is 2.03 bits per heavy atom. The predicted molar refractivity (Wildman–Crippen MR) is 113 cm³/mol. The highest BCUT2D eigenvalue weighted by atomic mass is 16.6. The fourth-order valence-corrected chi connectivity index (χ4v) is 3.84. The van der Waals surface area contributed by atoms with Crippen LogP contribution in [0.2, 0.25) is 0 Å². The number of nitrogens with two attached hydrogens (primary N) is 1. The zero-order valence-corrected chi connectivity index (χ0v) is 18.0. The van der Waals surface area contributed by atoms with Gasteiger partial charge in [-0.2, -0.15) is 0 Å². The van der Waals surface area contributed by atoms with Crippen LogP contribution in [0.15, 0.2) is 20.8 Å². The van der Waals surface area contributed by atoms with Crippen LogP contribution < -0.4 is 22.3 Å². The molecule has 4 atom stereocenters. The maximum atomic E-state index is 12.6. The third-order valence-corrected chi connectivity index (χ3v) is 5.54. The van der Waals surface area contributed by atoms with Crippen LogP contribution in [0.25, 0.3) is 0 Å². The molecular formula is C20H33N5O5. The summed E-state index contributed by atoms with van der Waals surface area (Å²) in [5, 5.41) is 3.15. The molecule has 10 nitrogen and oxygen atoms in total. The van der Waals surface area contributed by atoms with Crippen molar-refractivity contribution in [2.75, 3.05) is 26.4 Å². The van der Waals surface area contributed by atoms with Crippen molar-refractivity contribution < 1.29 is 14.2 Å². The molecule has 2 bridgehead atoms. The van der Waals surface area contributed by atoms with E-state index in [9.17, 15) is 9.59 Å². The molecule has 2 aliphatic heterocycles. The molecule has 0 aromatic carbocycles. The lowest BCUT2D eigenvalue weighted by molar-refractivity contribution is -0.146. The van der Waals surface area contributed by atoms with Gasteiger partial charge in [-0.1, -0.05) is 26.7 Å². The van der Waals surface area contributed by atoms with Crippen molar-refractivity contribution in [2.45, 2.75) is 70.4 Å². The van der Waals surface area contributed by atoms with Gasteiger partial charge in [0.15, 0.2) is 12.2 Å². The molecule has 0 saturated carbocycles. The van der Waals surface area contributed by atoms with Gasteiger partial charge in [-0.25, -0.2) is 4.79 Å². The molecule has 0 amide bonds. The van der Waals surface area contributed by atoms with E-state index in [0.29, 0.717) is 18.8 Å². The summed E-state index contributed by atoms with van der Waals surface area (Å²) < 4.78 is 20.0. The Labute approximate surface area is 175 Å². The minimum Gasteiger partial charge on any atom is -0.378 e. The van der Waals surface area contributed by atoms with Gasteiger partial charge >= 0.3 is 5.69 Å². The Balaban J connectivity index is 1.98. The third kappa shape index (κ3) is 4.60. The fourth-order valence-electron chi connectivity index (χ4n) is 3.84. The second-order valence-corrected chi connectivity index (χ2v) is 7.97. The summed E-state index contributed by atoms with van der Waals surface area (Å²) in [7, 11) is 0. The number of aryl methyl sites for hydroxylation is 1. The molecule has 1 fully saturated rings. The van der Waals surface area contributed by atoms with Crippen molar-refractivity contribution >= 4 is 5.96 Å². The number of H-pyrrole nitrogens is 1. The number of aromatic amines is 1. The number of hydrogen-bond acceptors (Lipinski definition) is 8. The SMILES string of the molecule is CCCCOC[C@]12CN=C(N)NC(C1OCCCC)[C@H](n1cc(C)c(=O)[nH]c1=O)O2. The van der Waals surface area contributed by atoms with Crippen LogP contribution in [-0.4, -0.2) is 59.6 Å². The first-order chi connectivity index (χ1) is 14.4. The lowest BCUT2D eigenvalue weighted by atomic mass is 9.94. The maximum Gasteiger partial charge on any atom is 0.330 e. The first-order valence-corrected chi connectivity index (χ1v) is 10.7. The number of unbranched alkanes of at least 4 members (excludes halogenated alkanes) is 2. The molecule has 1 aromatic rings. The van der Waals surface area contributed by atoms with Crippen molar-refractivity contribution in [3.8, 4) is 0 Å². The summed E-state index contributed by atoms with van der Waals surface area (Å²) in [6.07, 6.45) is 4.19. The number of aliphatic imine (C=N–C) groups is 1. The van der Waals surface area contributed by atoms with E-state index in [4.69, 9.17) is 19.9 Å². The number of guanidine groups is 1. The van der Waals surface area contributed by atoms with Crippen molar-refractivity contribution in [3.63, 3.8) is 0 Å². The van der Waals surface area contributed by atoms with E-state index in [1.54, 1.807) is 6.92 Å². The summed E-state index contributed by atoms with van der Waals surface area (Å²) in [6, 6.07) is -0.467. The highest BCUT2D eigenvalue weighted by Gasteiger charge is 2.58. The van der Waals surface area contributed by atoms with Crippen LogP contribution in [0.3, 0.4) is 0 Å². The second kappa shape index (κ2) is 9.76. The number of ether oxygens (including phenoxy) is 3. The number of nitrogens with one attached hydrogen (secondary N) is 2. The summed E-state index contributed by atoms with van der Waals surface area (Å²) in [5.41, 5.74) is 4.60. The first-order valence-electron chi connectivity index (χ1n) is 10.7. The summed E-state index contributed by atoms with van der Waals surface area (Å²) in [5.74, 6) is 0.266. The molecule has 4 N–H and O–H groups in total. The smallest absolute Gasteiger partial charge is 0.330 e. The van der Waals surface area contributed by atoms with Crippen LogP contribution in [0.1, 0.15) is 51.3 Å². The zero-order valence-electron chi connectivity index (χ0n) is 18.0. The highest BCUT2D eigenvalue weighted by Crippen LogP contribution is 2.40. The lowest BCUT2D eigenvalue weighted by Gasteiger charge is -2.32. The second-order valence-electron chi connectivity index (χ2n) is 7.97. The number of hydrogen-bond donors (Lipinski definition) is 3. The van der Waals surface area contributed by atoms with Gasteiger partial charge < -0.3 is 25.3 Å². The maximum absolute atomic E-state index is 12.6. The molecule has 30 heavy (non-hydrogen) atoms. The van der Waals surface area contributed by atoms with Crippen LogP contribution in [-0.2, 0) is 14.2 Å². The number of rotatable bonds is 10. The van der Waals surface area contributed by atoms with Gasteiger partial charge in [0.2, 0.25) is 0 Å². The molecule has 2 aliphatic rings. The Morgan fingerprint density at radius 3 is 2.77 bits per heavy atom. The van der Waals surface area contributed by atoms with Gasteiger partial charge in [0.05, 0.1) is 13.2 Å². The van der Waals surface area contributed by atoms with Crippen molar-refractivity contribution in [1.82, 2.24) is 14.9 Å². The Morgan fingerprint density at radius 1 is 1.30 bits per heavy atom. The predicted octanol–water partition coefficient (Wildman–Crippen LogP) is 0.401. The molecule has 1 saturated heterocycles. The van der Waals surface area contributed by atoms with E-state index in [1.165, 1.54) is 10.8 Å². The van der Waals surface area contributed by atoms with Gasteiger partial charge in [0, 0.05) is 25.0 Å². The van der Waals surface area contributed by atoms with E-state index >= 15 is 0 Å². The minimum absolute atomic E-state index is 0.249. The molecule has 1 aromatic heterocycles. The largest absolute Gasteiger partial charge is 0.378 e. The lowest BCUT2D eigenvalue weighted by Crippen LogP contribution is -2.53. The molecule has 2 unspecified atom stereocenters. The molecule has 0 aliphatic carbocycles. The first kappa shape index (κ1) is 22.5. The molecular weight excluding hydrogens is 390 g/mol. The average Bonchev–Trinajstić information content (AvgIpc) is 2.92. The van der Waals surface area contributed by atoms with E-state index in [0.717, 1.165) is 25.7 Å². The fraction of sp³-hybridized carbons (Fsp3) is 0.750. The van der Waals surface area contributed by atoms with Crippen LogP contribution >= 0.6 is 0 Å². The van der Waals surface area contributed by atoms with Gasteiger partial charge in [-0.05, 0) is 19.8 Å². The topological polar surface area (TPSA) is 133 Å². The Bertz CT molecular complexity index is 866. The van der Waals surface area contributed by atoms with Crippen molar-refractivity contribution in [1.29, 1.82) is 0 Å². The highest BCUT2D eigenvalue weighted by molar-refractivity contribution is 5.78. The van der Waals surface area contributed by atoms with E-state index in [1.807, 2.05) is 0 Å². The van der Waals surface area contributed by atoms with Crippen molar-refractivity contribution in [2.24, 2.45) is 10.7 Å². The van der Waals surface area contributed by atoms with Crippen LogP contribution in [0.5, 0.6) is 0 Å². The molecule has 0 radical (unpaired) electrons.